The molecule has 0 unspecified atom stereocenters. The van der Waals surface area contributed by atoms with E-state index in [0.717, 1.165) is 40.3 Å². The van der Waals surface area contributed by atoms with Gasteiger partial charge in [-0.25, -0.2) is 4.98 Å². The molecule has 0 bridgehead atoms. The molecule has 1 amide bonds. The number of carbonyl (C=O) groups excluding carboxylic acids is 1. The van der Waals surface area contributed by atoms with Gasteiger partial charge >= 0.3 is 0 Å². The lowest BCUT2D eigenvalue weighted by molar-refractivity contribution is -0.113. The van der Waals surface area contributed by atoms with Crippen molar-refractivity contribution >= 4 is 46.1 Å². The Balaban J connectivity index is 1.55. The van der Waals surface area contributed by atoms with E-state index in [9.17, 15) is 10.1 Å². The van der Waals surface area contributed by atoms with Crippen molar-refractivity contribution < 1.29 is 9.53 Å². The zero-order valence-corrected chi connectivity index (χ0v) is 20.7. The maximum Gasteiger partial charge on any atom is 0.235 e. The SMILES string of the molecule is COCCn1c(SCC(=O)Nc2c(C#N)c(C)c(C)n2C2CCCC2)nc2cc(Cl)ccc21. The fraction of sp³-hybridized carbons (Fsp3) is 0.458. The summed E-state index contributed by atoms with van der Waals surface area (Å²) in [5, 5.41) is 14.2. The van der Waals surface area contributed by atoms with Crippen LogP contribution in [0.4, 0.5) is 5.82 Å². The first kappa shape index (κ1) is 23.7. The molecule has 4 rings (SSSR count). The molecule has 0 saturated heterocycles. The van der Waals surface area contributed by atoms with E-state index in [1.54, 1.807) is 7.11 Å². The smallest absolute Gasteiger partial charge is 0.235 e. The minimum Gasteiger partial charge on any atom is -0.383 e. The van der Waals surface area contributed by atoms with Crippen LogP contribution in [0.3, 0.4) is 0 Å². The Morgan fingerprint density at radius 2 is 2.12 bits per heavy atom. The van der Waals surface area contributed by atoms with Gasteiger partial charge < -0.3 is 19.2 Å². The number of ether oxygens (including phenoxy) is 1. The van der Waals surface area contributed by atoms with Crippen LogP contribution in [-0.2, 0) is 16.1 Å². The van der Waals surface area contributed by atoms with Gasteiger partial charge in [-0.05, 0) is 50.5 Å². The van der Waals surface area contributed by atoms with E-state index < -0.39 is 0 Å². The fourth-order valence-electron chi connectivity index (χ4n) is 4.59. The number of benzene rings is 1. The standard InChI is InChI=1S/C24H28ClN5O2S/c1-15-16(2)30(18-6-4-5-7-18)23(19(15)13-26)28-22(31)14-33-24-27-20-12-17(25)8-9-21(20)29(24)10-11-32-3/h8-9,12,18H,4-7,10-11,14H2,1-3H3,(H,28,31). The van der Waals surface area contributed by atoms with E-state index in [1.807, 2.05) is 36.6 Å². The number of hydrogen-bond donors (Lipinski definition) is 1. The molecule has 7 nitrogen and oxygen atoms in total. The van der Waals surface area contributed by atoms with Crippen LogP contribution in [0.15, 0.2) is 23.4 Å². The van der Waals surface area contributed by atoms with Gasteiger partial charge in [0.2, 0.25) is 5.91 Å². The van der Waals surface area contributed by atoms with E-state index in [1.165, 1.54) is 24.6 Å². The monoisotopic (exact) mass is 485 g/mol. The number of amides is 1. The van der Waals surface area contributed by atoms with Crippen LogP contribution in [0.2, 0.25) is 5.02 Å². The first-order valence-electron chi connectivity index (χ1n) is 11.1. The van der Waals surface area contributed by atoms with Crippen LogP contribution in [0.1, 0.15) is 48.5 Å². The van der Waals surface area contributed by atoms with Crippen molar-refractivity contribution in [1.29, 1.82) is 5.26 Å². The van der Waals surface area contributed by atoms with Crippen molar-refractivity contribution in [2.75, 3.05) is 24.8 Å². The summed E-state index contributed by atoms with van der Waals surface area (Å²) in [7, 11) is 1.66. The van der Waals surface area contributed by atoms with Crippen molar-refractivity contribution in [2.24, 2.45) is 0 Å². The second kappa shape index (κ2) is 10.2. The molecule has 33 heavy (non-hydrogen) atoms. The molecule has 1 aromatic carbocycles. The molecule has 0 atom stereocenters. The third-order valence-electron chi connectivity index (χ3n) is 6.34. The van der Waals surface area contributed by atoms with Crippen molar-refractivity contribution in [3.8, 4) is 6.07 Å². The van der Waals surface area contributed by atoms with Crippen LogP contribution in [0.25, 0.3) is 11.0 Å². The maximum atomic E-state index is 13.0. The molecule has 174 valence electrons. The first-order valence-corrected chi connectivity index (χ1v) is 12.5. The molecule has 0 aliphatic heterocycles. The van der Waals surface area contributed by atoms with Crippen LogP contribution in [0.5, 0.6) is 0 Å². The highest BCUT2D eigenvalue weighted by molar-refractivity contribution is 7.99. The fourth-order valence-corrected chi connectivity index (χ4v) is 5.60. The molecule has 0 spiro atoms. The Labute approximate surface area is 203 Å². The molecule has 1 saturated carbocycles. The minimum absolute atomic E-state index is 0.156. The van der Waals surface area contributed by atoms with Crippen molar-refractivity contribution in [1.82, 2.24) is 14.1 Å². The molecule has 3 aromatic rings. The second-order valence-electron chi connectivity index (χ2n) is 8.36. The van der Waals surface area contributed by atoms with E-state index in [2.05, 4.69) is 20.9 Å². The van der Waals surface area contributed by atoms with Crippen molar-refractivity contribution in [3.05, 3.63) is 40.0 Å². The van der Waals surface area contributed by atoms with Crippen LogP contribution < -0.4 is 5.32 Å². The summed E-state index contributed by atoms with van der Waals surface area (Å²) in [6, 6.07) is 8.22. The van der Waals surface area contributed by atoms with Gasteiger partial charge in [-0.3, -0.25) is 4.79 Å². The van der Waals surface area contributed by atoms with Crippen molar-refractivity contribution in [3.63, 3.8) is 0 Å². The highest BCUT2D eigenvalue weighted by atomic mass is 35.5. The van der Waals surface area contributed by atoms with Crippen molar-refractivity contribution in [2.45, 2.75) is 57.3 Å². The number of hydrogen-bond acceptors (Lipinski definition) is 5. The number of aromatic nitrogens is 3. The van der Waals surface area contributed by atoms with Gasteiger partial charge in [0.15, 0.2) is 5.16 Å². The van der Waals surface area contributed by atoms with Gasteiger partial charge in [-0.15, -0.1) is 0 Å². The van der Waals surface area contributed by atoms with E-state index in [-0.39, 0.29) is 11.7 Å². The topological polar surface area (TPSA) is 84.9 Å². The number of carbonyl (C=O) groups is 1. The van der Waals surface area contributed by atoms with Gasteiger partial charge in [0.05, 0.1) is 29.0 Å². The molecule has 1 fully saturated rings. The molecule has 2 aromatic heterocycles. The lowest BCUT2D eigenvalue weighted by atomic mass is 10.2. The number of halogens is 1. The number of anilines is 1. The summed E-state index contributed by atoms with van der Waals surface area (Å²) >= 11 is 7.51. The molecule has 1 aliphatic carbocycles. The number of nitrogens with one attached hydrogen (secondary N) is 1. The Hall–Kier alpha value is -2.47. The molecule has 2 heterocycles. The zero-order valence-electron chi connectivity index (χ0n) is 19.2. The number of fused-ring (bicyclic) bond motifs is 1. The molecule has 9 heteroatoms. The summed E-state index contributed by atoms with van der Waals surface area (Å²) < 4.78 is 9.46. The second-order valence-corrected chi connectivity index (χ2v) is 9.74. The highest BCUT2D eigenvalue weighted by Crippen LogP contribution is 2.38. The normalized spacial score (nSPS) is 14.2. The third kappa shape index (κ3) is 4.77. The maximum absolute atomic E-state index is 13.0. The number of imidazole rings is 1. The summed E-state index contributed by atoms with van der Waals surface area (Å²) in [6.45, 7) is 5.14. The van der Waals surface area contributed by atoms with Gasteiger partial charge in [0.1, 0.15) is 11.9 Å². The summed E-state index contributed by atoms with van der Waals surface area (Å²) in [5.74, 6) is 0.657. The predicted molar refractivity (Wildman–Crippen MR) is 132 cm³/mol. The number of rotatable bonds is 8. The highest BCUT2D eigenvalue weighted by Gasteiger charge is 2.27. The van der Waals surface area contributed by atoms with E-state index in [4.69, 9.17) is 16.3 Å². The quantitative estimate of drug-likeness (QED) is 0.427. The Bertz CT molecular complexity index is 1220. The number of nitrogens with zero attached hydrogens (tertiary/aromatic N) is 4. The molecular formula is C24H28ClN5O2S. The average molecular weight is 486 g/mol. The third-order valence-corrected chi connectivity index (χ3v) is 7.55. The Morgan fingerprint density at radius 1 is 1.36 bits per heavy atom. The molecule has 0 radical (unpaired) electrons. The van der Waals surface area contributed by atoms with E-state index in [0.29, 0.717) is 35.6 Å². The Morgan fingerprint density at radius 3 is 2.82 bits per heavy atom. The van der Waals surface area contributed by atoms with Gasteiger partial charge in [0, 0.05) is 30.4 Å². The largest absolute Gasteiger partial charge is 0.383 e. The number of nitriles is 1. The van der Waals surface area contributed by atoms with Gasteiger partial charge in [-0.2, -0.15) is 5.26 Å². The molecule has 1 N–H and O–H groups in total. The average Bonchev–Trinajstić information content (AvgIpc) is 3.49. The zero-order chi connectivity index (χ0) is 23.5. The van der Waals surface area contributed by atoms with Crippen LogP contribution in [0, 0.1) is 25.2 Å². The Kier molecular flexibility index (Phi) is 7.32. The first-order chi connectivity index (χ1) is 15.9. The van der Waals surface area contributed by atoms with Crippen LogP contribution in [-0.4, -0.2) is 39.5 Å². The van der Waals surface area contributed by atoms with Gasteiger partial charge in [0.25, 0.3) is 0 Å². The lowest BCUT2D eigenvalue weighted by Gasteiger charge is -2.19. The number of methoxy groups -OCH3 is 1. The van der Waals surface area contributed by atoms with Gasteiger partial charge in [-0.1, -0.05) is 36.2 Å². The summed E-state index contributed by atoms with van der Waals surface area (Å²) in [4.78, 5) is 17.7. The summed E-state index contributed by atoms with van der Waals surface area (Å²) in [5.41, 5.74) is 4.28. The minimum atomic E-state index is -0.156. The van der Waals surface area contributed by atoms with Crippen LogP contribution >= 0.6 is 23.4 Å². The predicted octanol–water partition coefficient (Wildman–Crippen LogP) is 5.47. The number of thioether (sulfide) groups is 1. The lowest BCUT2D eigenvalue weighted by Crippen LogP contribution is -2.20. The summed E-state index contributed by atoms with van der Waals surface area (Å²) in [6.07, 6.45) is 4.50. The van der Waals surface area contributed by atoms with E-state index >= 15 is 0 Å². The molecular weight excluding hydrogens is 458 g/mol. The molecule has 1 aliphatic rings.